The molecule has 1 atom stereocenters. The molecule has 20 heavy (non-hydrogen) atoms. The number of carbonyl (C=O) groups excluding carboxylic acids is 1. The first kappa shape index (κ1) is 15.3. The molecule has 7 heteroatoms. The Kier molecular flexibility index (Phi) is 3.59. The molecule has 1 fully saturated rings. The van der Waals surface area contributed by atoms with Crippen LogP contribution in [0.15, 0.2) is 17.0 Å². The molecule has 1 aromatic rings. The molecule has 0 saturated heterocycles. The first-order valence-corrected chi connectivity index (χ1v) is 8.39. The molecule has 1 N–H and O–H groups in total. The van der Waals surface area contributed by atoms with Crippen molar-refractivity contribution >= 4 is 25.6 Å². The number of hydrogen-bond donors (Lipinski definition) is 1. The van der Waals surface area contributed by atoms with E-state index in [9.17, 15) is 17.6 Å². The topological polar surface area (TPSA) is 63.2 Å². The van der Waals surface area contributed by atoms with E-state index in [0.29, 0.717) is 0 Å². The average Bonchev–Trinajstić information content (AvgIpc) is 2.87. The Morgan fingerprint density at radius 1 is 1.45 bits per heavy atom. The summed E-state index contributed by atoms with van der Waals surface area (Å²) < 4.78 is 36.3. The van der Waals surface area contributed by atoms with Crippen LogP contribution < -0.4 is 5.32 Å². The van der Waals surface area contributed by atoms with E-state index >= 15 is 0 Å². The monoisotopic (exact) mass is 319 g/mol. The van der Waals surface area contributed by atoms with Gasteiger partial charge in [-0.3, -0.25) is 4.79 Å². The van der Waals surface area contributed by atoms with Crippen molar-refractivity contribution in [2.45, 2.75) is 38.1 Å². The summed E-state index contributed by atoms with van der Waals surface area (Å²) >= 11 is 0. The van der Waals surface area contributed by atoms with Crippen LogP contribution >= 0.6 is 10.7 Å². The molecule has 1 aromatic carbocycles. The van der Waals surface area contributed by atoms with Gasteiger partial charge in [0.2, 0.25) is 0 Å². The van der Waals surface area contributed by atoms with Gasteiger partial charge in [-0.25, -0.2) is 12.8 Å². The van der Waals surface area contributed by atoms with Crippen molar-refractivity contribution in [2.24, 2.45) is 5.41 Å². The number of rotatable bonds is 3. The third-order valence-electron chi connectivity index (χ3n) is 3.65. The van der Waals surface area contributed by atoms with Gasteiger partial charge in [-0.05, 0) is 36.5 Å². The van der Waals surface area contributed by atoms with Gasteiger partial charge in [-0.1, -0.05) is 13.8 Å². The predicted molar refractivity (Wildman–Crippen MR) is 73.8 cm³/mol. The van der Waals surface area contributed by atoms with Crippen LogP contribution in [0.2, 0.25) is 0 Å². The van der Waals surface area contributed by atoms with Gasteiger partial charge in [0.25, 0.3) is 15.0 Å². The van der Waals surface area contributed by atoms with Crippen LogP contribution in [0.5, 0.6) is 0 Å². The van der Waals surface area contributed by atoms with Gasteiger partial charge in [-0.2, -0.15) is 0 Å². The van der Waals surface area contributed by atoms with Crippen LogP contribution in [0.4, 0.5) is 4.39 Å². The third-order valence-corrected chi connectivity index (χ3v) is 5.10. The van der Waals surface area contributed by atoms with Crippen molar-refractivity contribution in [3.63, 3.8) is 0 Å². The molecule has 4 nitrogen and oxygen atoms in total. The van der Waals surface area contributed by atoms with E-state index in [0.717, 1.165) is 18.6 Å². The Morgan fingerprint density at radius 2 is 2.00 bits per heavy atom. The molecule has 1 aliphatic carbocycles. The molecule has 0 bridgehead atoms. The molecular weight excluding hydrogens is 305 g/mol. The molecule has 1 saturated carbocycles. The van der Waals surface area contributed by atoms with E-state index < -0.39 is 20.8 Å². The Hall–Kier alpha value is -1.14. The second-order valence-corrected chi connectivity index (χ2v) is 8.27. The Bertz CT molecular complexity index is 685. The van der Waals surface area contributed by atoms with Gasteiger partial charge in [0, 0.05) is 22.3 Å². The lowest BCUT2D eigenvalue weighted by molar-refractivity contribution is 0.0945. The molecule has 0 heterocycles. The molecule has 1 aliphatic rings. The summed E-state index contributed by atoms with van der Waals surface area (Å²) in [6, 6.07) is 1.86. The minimum Gasteiger partial charge on any atom is -0.349 e. The number of amides is 1. The lowest BCUT2D eigenvalue weighted by Crippen LogP contribution is -2.29. The first-order valence-electron chi connectivity index (χ1n) is 6.08. The highest BCUT2D eigenvalue weighted by Crippen LogP contribution is 2.44. The maximum atomic E-state index is 13.5. The van der Waals surface area contributed by atoms with Gasteiger partial charge < -0.3 is 5.32 Å². The van der Waals surface area contributed by atoms with Crippen molar-refractivity contribution in [3.8, 4) is 0 Å². The second-order valence-electron chi connectivity index (χ2n) is 5.73. The zero-order valence-corrected chi connectivity index (χ0v) is 12.9. The SMILES string of the molecule is Cc1c(C(=O)NC2CC2(C)C)cc(F)cc1S(=O)(=O)Cl. The zero-order chi connectivity index (χ0) is 15.3. The van der Waals surface area contributed by atoms with Gasteiger partial charge in [-0.15, -0.1) is 0 Å². The van der Waals surface area contributed by atoms with Gasteiger partial charge in [0.05, 0.1) is 4.90 Å². The van der Waals surface area contributed by atoms with E-state index in [-0.39, 0.29) is 27.5 Å². The molecule has 0 radical (unpaired) electrons. The van der Waals surface area contributed by atoms with Gasteiger partial charge in [0.1, 0.15) is 5.82 Å². The summed E-state index contributed by atoms with van der Waals surface area (Å²) in [7, 11) is 1.15. The summed E-state index contributed by atoms with van der Waals surface area (Å²) in [6.07, 6.45) is 0.841. The average molecular weight is 320 g/mol. The fourth-order valence-corrected chi connectivity index (χ4v) is 3.30. The van der Waals surface area contributed by atoms with Crippen molar-refractivity contribution in [2.75, 3.05) is 0 Å². The number of hydrogen-bond acceptors (Lipinski definition) is 3. The van der Waals surface area contributed by atoms with Crippen molar-refractivity contribution in [1.29, 1.82) is 0 Å². The van der Waals surface area contributed by atoms with Crippen molar-refractivity contribution in [1.82, 2.24) is 5.32 Å². The Balaban J connectivity index is 2.37. The maximum Gasteiger partial charge on any atom is 0.261 e. The highest BCUT2D eigenvalue weighted by molar-refractivity contribution is 8.13. The fourth-order valence-electron chi connectivity index (χ4n) is 2.09. The Morgan fingerprint density at radius 3 is 2.45 bits per heavy atom. The van der Waals surface area contributed by atoms with Crippen LogP contribution in [0.3, 0.4) is 0 Å². The Labute approximate surface area is 121 Å². The van der Waals surface area contributed by atoms with Crippen LogP contribution in [0.25, 0.3) is 0 Å². The number of benzene rings is 1. The summed E-state index contributed by atoms with van der Waals surface area (Å²) in [4.78, 5) is 11.7. The van der Waals surface area contributed by atoms with Gasteiger partial charge >= 0.3 is 0 Å². The molecule has 1 unspecified atom stereocenters. The highest BCUT2D eigenvalue weighted by Gasteiger charge is 2.46. The maximum absolute atomic E-state index is 13.5. The third kappa shape index (κ3) is 2.96. The molecule has 0 spiro atoms. The molecular formula is C13H15ClFNO3S. The van der Waals surface area contributed by atoms with Gasteiger partial charge in [0.15, 0.2) is 0 Å². The van der Waals surface area contributed by atoms with E-state index in [1.807, 2.05) is 13.8 Å². The summed E-state index contributed by atoms with van der Waals surface area (Å²) in [5, 5.41) is 2.76. The smallest absolute Gasteiger partial charge is 0.261 e. The zero-order valence-electron chi connectivity index (χ0n) is 11.3. The van der Waals surface area contributed by atoms with E-state index in [1.54, 1.807) is 0 Å². The number of nitrogens with one attached hydrogen (secondary N) is 1. The molecule has 0 aromatic heterocycles. The van der Waals surface area contributed by atoms with Crippen molar-refractivity contribution in [3.05, 3.63) is 29.1 Å². The lowest BCUT2D eigenvalue weighted by atomic mass is 10.1. The molecule has 1 amide bonds. The fraction of sp³-hybridized carbons (Fsp3) is 0.462. The van der Waals surface area contributed by atoms with Crippen molar-refractivity contribution < 1.29 is 17.6 Å². The second kappa shape index (κ2) is 4.70. The predicted octanol–water partition coefficient (Wildman–Crippen LogP) is 2.59. The normalized spacial score (nSPS) is 20.6. The number of halogens is 2. The van der Waals surface area contributed by atoms with Crippen LogP contribution in [-0.4, -0.2) is 20.4 Å². The molecule has 110 valence electrons. The summed E-state index contributed by atoms with van der Waals surface area (Å²) in [6.45, 7) is 5.44. The highest BCUT2D eigenvalue weighted by atomic mass is 35.7. The quantitative estimate of drug-likeness (QED) is 0.871. The van der Waals surface area contributed by atoms with Crippen LogP contribution in [0.1, 0.15) is 36.2 Å². The summed E-state index contributed by atoms with van der Waals surface area (Å²) in [5.74, 6) is -1.30. The standard InChI is InChI=1S/C13H15ClFNO3S/c1-7-9(12(17)16-11-6-13(11,2)3)4-8(15)5-10(7)20(14,18)19/h4-5,11H,6H2,1-3H3,(H,16,17). The molecule has 0 aliphatic heterocycles. The van der Waals surface area contributed by atoms with Crippen LogP contribution in [0, 0.1) is 18.2 Å². The number of carbonyl (C=O) groups is 1. The minimum absolute atomic E-state index is 0.00748. The van der Waals surface area contributed by atoms with E-state index in [1.165, 1.54) is 6.92 Å². The van der Waals surface area contributed by atoms with E-state index in [4.69, 9.17) is 10.7 Å². The largest absolute Gasteiger partial charge is 0.349 e. The lowest BCUT2D eigenvalue weighted by Gasteiger charge is -2.11. The van der Waals surface area contributed by atoms with E-state index in [2.05, 4.69) is 5.32 Å². The molecule has 2 rings (SSSR count). The van der Waals surface area contributed by atoms with Crippen LogP contribution in [-0.2, 0) is 9.05 Å². The first-order chi connectivity index (χ1) is 9.02. The minimum atomic E-state index is -4.10. The summed E-state index contributed by atoms with van der Waals surface area (Å²) in [5.41, 5.74) is 0.169.